The van der Waals surface area contributed by atoms with Crippen LogP contribution in [0.25, 0.3) is 0 Å². The standard InChI is InChI=1S/C9H5Cl2FN4O2/c10-4-1-3(2-5(11)6(4)12)14-9(17)7-8(13)16-18-15-7/h1-2H,(H2,13,16)(H,14,17). The van der Waals surface area contributed by atoms with E-state index >= 15 is 0 Å². The van der Waals surface area contributed by atoms with Crippen molar-refractivity contribution in [3.8, 4) is 0 Å². The van der Waals surface area contributed by atoms with Gasteiger partial charge in [-0.05, 0) is 22.4 Å². The first-order chi connectivity index (χ1) is 8.49. The predicted octanol–water partition coefficient (Wildman–Crippen LogP) is 2.35. The number of hydrogen-bond donors (Lipinski definition) is 2. The van der Waals surface area contributed by atoms with Crippen molar-refractivity contribution in [2.45, 2.75) is 0 Å². The minimum absolute atomic E-state index is 0.160. The predicted molar refractivity (Wildman–Crippen MR) is 63.1 cm³/mol. The number of hydrogen-bond acceptors (Lipinski definition) is 5. The Kier molecular flexibility index (Phi) is 3.35. The second kappa shape index (κ2) is 4.79. The summed E-state index contributed by atoms with van der Waals surface area (Å²) in [5.41, 5.74) is 5.34. The third kappa shape index (κ3) is 2.36. The number of nitrogen functional groups attached to an aromatic ring is 1. The van der Waals surface area contributed by atoms with Crippen LogP contribution in [0.15, 0.2) is 16.8 Å². The Morgan fingerprint density at radius 1 is 1.33 bits per heavy atom. The summed E-state index contributed by atoms with van der Waals surface area (Å²) in [6.07, 6.45) is 0. The third-order valence-electron chi connectivity index (χ3n) is 1.97. The number of carbonyl (C=O) groups is 1. The van der Waals surface area contributed by atoms with Gasteiger partial charge in [0.05, 0.1) is 10.0 Å². The first kappa shape index (κ1) is 12.6. The topological polar surface area (TPSA) is 94.0 Å². The Morgan fingerprint density at radius 2 is 1.94 bits per heavy atom. The van der Waals surface area contributed by atoms with Gasteiger partial charge in [-0.2, -0.15) is 0 Å². The largest absolute Gasteiger partial charge is 0.379 e. The highest BCUT2D eigenvalue weighted by molar-refractivity contribution is 6.35. The zero-order chi connectivity index (χ0) is 13.3. The molecule has 6 nitrogen and oxygen atoms in total. The SMILES string of the molecule is Nc1nonc1C(=O)Nc1cc(Cl)c(F)c(Cl)c1. The van der Waals surface area contributed by atoms with E-state index in [9.17, 15) is 9.18 Å². The number of nitrogens with zero attached hydrogens (tertiary/aromatic N) is 2. The summed E-state index contributed by atoms with van der Waals surface area (Å²) in [4.78, 5) is 11.7. The van der Waals surface area contributed by atoms with Crippen LogP contribution in [0.2, 0.25) is 10.0 Å². The molecule has 1 aromatic carbocycles. The molecule has 2 rings (SSSR count). The molecule has 1 aromatic heterocycles. The van der Waals surface area contributed by atoms with Gasteiger partial charge in [0.2, 0.25) is 11.5 Å². The number of halogens is 3. The van der Waals surface area contributed by atoms with E-state index in [4.69, 9.17) is 28.9 Å². The summed E-state index contributed by atoms with van der Waals surface area (Å²) in [6.45, 7) is 0. The van der Waals surface area contributed by atoms with E-state index in [0.717, 1.165) is 0 Å². The van der Waals surface area contributed by atoms with E-state index in [-0.39, 0.29) is 27.2 Å². The van der Waals surface area contributed by atoms with Gasteiger partial charge in [0, 0.05) is 5.69 Å². The molecule has 0 saturated carbocycles. The highest BCUT2D eigenvalue weighted by Crippen LogP contribution is 2.27. The fourth-order valence-corrected chi connectivity index (χ4v) is 1.66. The molecule has 2 aromatic rings. The van der Waals surface area contributed by atoms with E-state index < -0.39 is 11.7 Å². The van der Waals surface area contributed by atoms with Crippen LogP contribution in [0.4, 0.5) is 15.9 Å². The van der Waals surface area contributed by atoms with Gasteiger partial charge in [-0.3, -0.25) is 4.79 Å². The number of nitrogens with two attached hydrogens (primary N) is 1. The van der Waals surface area contributed by atoms with Gasteiger partial charge in [0.15, 0.2) is 5.82 Å². The number of carbonyl (C=O) groups excluding carboxylic acids is 1. The summed E-state index contributed by atoms with van der Waals surface area (Å²) >= 11 is 11.2. The van der Waals surface area contributed by atoms with Crippen LogP contribution in [-0.2, 0) is 0 Å². The van der Waals surface area contributed by atoms with Gasteiger partial charge < -0.3 is 11.1 Å². The molecule has 9 heteroatoms. The zero-order valence-electron chi connectivity index (χ0n) is 8.58. The summed E-state index contributed by atoms with van der Waals surface area (Å²) in [6, 6.07) is 2.40. The summed E-state index contributed by atoms with van der Waals surface area (Å²) < 4.78 is 17.4. The molecular formula is C9H5Cl2FN4O2. The van der Waals surface area contributed by atoms with Crippen molar-refractivity contribution in [3.05, 3.63) is 33.7 Å². The first-order valence-electron chi connectivity index (χ1n) is 4.53. The van der Waals surface area contributed by atoms with E-state index in [2.05, 4.69) is 20.3 Å². The fraction of sp³-hybridized carbons (Fsp3) is 0. The Balaban J connectivity index is 2.25. The molecule has 0 spiro atoms. The second-order valence-electron chi connectivity index (χ2n) is 3.21. The number of anilines is 2. The lowest BCUT2D eigenvalue weighted by molar-refractivity contribution is 0.101. The molecule has 0 aliphatic heterocycles. The molecule has 94 valence electrons. The summed E-state index contributed by atoms with van der Waals surface area (Å²) in [5.74, 6) is -1.60. The molecule has 3 N–H and O–H groups in total. The number of aromatic nitrogens is 2. The Hall–Kier alpha value is -1.86. The van der Waals surface area contributed by atoms with Crippen LogP contribution in [0.5, 0.6) is 0 Å². The fourth-order valence-electron chi connectivity index (χ4n) is 1.17. The quantitative estimate of drug-likeness (QED) is 0.828. The molecule has 0 atom stereocenters. The molecule has 0 bridgehead atoms. The van der Waals surface area contributed by atoms with Crippen molar-refractivity contribution in [2.75, 3.05) is 11.1 Å². The van der Waals surface area contributed by atoms with Gasteiger partial charge in [-0.15, -0.1) is 0 Å². The maximum absolute atomic E-state index is 13.2. The molecule has 1 amide bonds. The van der Waals surface area contributed by atoms with Crippen LogP contribution >= 0.6 is 23.2 Å². The normalized spacial score (nSPS) is 10.4. The molecule has 0 unspecified atom stereocenters. The van der Waals surface area contributed by atoms with Gasteiger partial charge in [-0.1, -0.05) is 23.2 Å². The van der Waals surface area contributed by atoms with Crippen molar-refractivity contribution >= 4 is 40.6 Å². The van der Waals surface area contributed by atoms with E-state index in [1.54, 1.807) is 0 Å². The zero-order valence-corrected chi connectivity index (χ0v) is 10.1. The van der Waals surface area contributed by atoms with Crippen molar-refractivity contribution in [1.29, 1.82) is 0 Å². The molecule has 0 saturated heterocycles. The van der Waals surface area contributed by atoms with Crippen LogP contribution in [0.3, 0.4) is 0 Å². The Bertz CT molecular complexity index is 593. The Labute approximate surface area is 110 Å². The maximum atomic E-state index is 13.2. The van der Waals surface area contributed by atoms with Crippen LogP contribution in [0.1, 0.15) is 10.5 Å². The number of rotatable bonds is 2. The molecule has 0 aliphatic carbocycles. The average molecular weight is 291 g/mol. The van der Waals surface area contributed by atoms with Crippen LogP contribution in [0, 0.1) is 5.82 Å². The lowest BCUT2D eigenvalue weighted by Gasteiger charge is -2.05. The summed E-state index contributed by atoms with van der Waals surface area (Å²) in [7, 11) is 0. The van der Waals surface area contributed by atoms with Crippen LogP contribution in [-0.4, -0.2) is 16.2 Å². The molecule has 18 heavy (non-hydrogen) atoms. The van der Waals surface area contributed by atoms with Crippen molar-refractivity contribution in [3.63, 3.8) is 0 Å². The number of benzene rings is 1. The van der Waals surface area contributed by atoms with Gasteiger partial charge >= 0.3 is 0 Å². The molecule has 0 fully saturated rings. The molecular weight excluding hydrogens is 286 g/mol. The minimum atomic E-state index is -0.765. The molecule has 0 aliphatic rings. The number of amides is 1. The monoisotopic (exact) mass is 290 g/mol. The average Bonchev–Trinajstić information content (AvgIpc) is 2.72. The molecule has 0 radical (unpaired) electrons. The van der Waals surface area contributed by atoms with E-state index in [0.29, 0.717) is 0 Å². The highest BCUT2D eigenvalue weighted by Gasteiger charge is 2.17. The highest BCUT2D eigenvalue weighted by atomic mass is 35.5. The van der Waals surface area contributed by atoms with E-state index in [1.165, 1.54) is 12.1 Å². The summed E-state index contributed by atoms with van der Waals surface area (Å²) in [5, 5.41) is 8.50. The molecule has 1 heterocycles. The van der Waals surface area contributed by atoms with Crippen molar-refractivity contribution < 1.29 is 13.8 Å². The maximum Gasteiger partial charge on any atom is 0.281 e. The van der Waals surface area contributed by atoms with Gasteiger partial charge in [-0.25, -0.2) is 9.02 Å². The van der Waals surface area contributed by atoms with Gasteiger partial charge in [0.25, 0.3) is 5.91 Å². The third-order valence-corrected chi connectivity index (χ3v) is 2.52. The van der Waals surface area contributed by atoms with Gasteiger partial charge in [0.1, 0.15) is 0 Å². The first-order valence-corrected chi connectivity index (χ1v) is 5.28. The van der Waals surface area contributed by atoms with Crippen LogP contribution < -0.4 is 11.1 Å². The van der Waals surface area contributed by atoms with Crippen molar-refractivity contribution in [2.24, 2.45) is 0 Å². The number of nitrogens with one attached hydrogen (secondary N) is 1. The second-order valence-corrected chi connectivity index (χ2v) is 4.02. The Morgan fingerprint density at radius 3 is 2.44 bits per heavy atom. The smallest absolute Gasteiger partial charge is 0.281 e. The minimum Gasteiger partial charge on any atom is -0.379 e. The lowest BCUT2D eigenvalue weighted by Crippen LogP contribution is -2.14. The van der Waals surface area contributed by atoms with Crippen molar-refractivity contribution in [1.82, 2.24) is 10.3 Å². The lowest BCUT2D eigenvalue weighted by atomic mass is 10.3. The van der Waals surface area contributed by atoms with E-state index in [1.807, 2.05) is 0 Å².